The molecule has 2 N–H and O–H groups in total. The molecular weight excluding hydrogens is 214 g/mol. The number of hydrogen-bond acceptors (Lipinski definition) is 2. The second kappa shape index (κ2) is 13.5. The fraction of sp³-hybridized carbons (Fsp3) is 0.929. The van der Waals surface area contributed by atoms with E-state index in [0.29, 0.717) is 6.42 Å². The molecule has 3 nitrogen and oxygen atoms in total. The van der Waals surface area contributed by atoms with Gasteiger partial charge in [0.15, 0.2) is 0 Å². The van der Waals surface area contributed by atoms with Crippen LogP contribution in [0.25, 0.3) is 0 Å². The number of quaternary nitrogens is 1. The fourth-order valence-corrected chi connectivity index (χ4v) is 1.72. The maximum Gasteiger partial charge on any atom is 0.638 e. The molecule has 0 spiro atoms. The maximum absolute atomic E-state index is 11.3. The van der Waals surface area contributed by atoms with Crippen LogP contribution in [0.5, 0.6) is 0 Å². The van der Waals surface area contributed by atoms with Crippen molar-refractivity contribution in [3.63, 3.8) is 0 Å². The SMILES string of the molecule is CCCCCCCCCC(=[O+])O[NH2+]CCCC. The molecule has 0 fully saturated rings. The molecule has 0 atom stereocenters. The number of hydroxylamine groups is 1. The molecule has 0 amide bonds. The van der Waals surface area contributed by atoms with Crippen molar-refractivity contribution in [1.29, 1.82) is 0 Å². The average molecular weight is 244 g/mol. The minimum absolute atomic E-state index is 0.0605. The largest absolute Gasteiger partial charge is 0.638 e. The number of hydrogen-bond donors (Lipinski definition) is 1. The minimum Gasteiger partial charge on any atom is -0.0899 e. The number of carbonyl (C=O) groups excluding carboxylic acids is 1. The van der Waals surface area contributed by atoms with E-state index in [1.165, 1.54) is 32.1 Å². The monoisotopic (exact) mass is 244 g/mol. The Labute approximate surface area is 106 Å². The van der Waals surface area contributed by atoms with Crippen LogP contribution in [0.2, 0.25) is 0 Å². The van der Waals surface area contributed by atoms with Gasteiger partial charge in [0.1, 0.15) is 13.0 Å². The molecule has 17 heavy (non-hydrogen) atoms. The molecule has 1 radical (unpaired) electrons. The standard InChI is InChI=1S/C14H29NO2/c1-3-5-7-8-9-10-11-12-14(16)17-15-13-6-4-2/h15H,3-13H2,1-2H3/q+1/p+1. The zero-order chi connectivity index (χ0) is 12.8. The molecule has 0 saturated carbocycles. The van der Waals surface area contributed by atoms with Gasteiger partial charge in [-0.1, -0.05) is 69.1 Å². The molecule has 0 bridgehead atoms. The minimum atomic E-state index is -0.0605. The summed E-state index contributed by atoms with van der Waals surface area (Å²) in [4.78, 5) is 16.3. The summed E-state index contributed by atoms with van der Waals surface area (Å²) >= 11 is 0. The molecule has 0 aliphatic carbocycles. The Balaban J connectivity index is 3.11. The molecule has 0 rings (SSSR count). The molecule has 101 valence electrons. The summed E-state index contributed by atoms with van der Waals surface area (Å²) in [6.45, 7) is 5.25. The van der Waals surface area contributed by atoms with Gasteiger partial charge < -0.3 is 0 Å². The van der Waals surface area contributed by atoms with Crippen LogP contribution in [0.15, 0.2) is 0 Å². The molecule has 0 saturated heterocycles. The topological polar surface area (TPSA) is 45.7 Å². The van der Waals surface area contributed by atoms with E-state index in [-0.39, 0.29) is 5.97 Å². The maximum atomic E-state index is 11.3. The van der Waals surface area contributed by atoms with Crippen LogP contribution >= 0.6 is 0 Å². The highest BCUT2D eigenvalue weighted by Crippen LogP contribution is 2.08. The number of unbranched alkanes of at least 4 members (excludes halogenated alkanes) is 7. The van der Waals surface area contributed by atoms with E-state index >= 15 is 0 Å². The van der Waals surface area contributed by atoms with Crippen LogP contribution in [-0.4, -0.2) is 12.5 Å². The molecular formula is C14H30NO2+2. The first-order valence-corrected chi connectivity index (χ1v) is 7.32. The van der Waals surface area contributed by atoms with Crippen molar-refractivity contribution in [1.82, 2.24) is 0 Å². The first kappa shape index (κ1) is 16.4. The highest BCUT2D eigenvalue weighted by atomic mass is 16.7. The normalized spacial score (nSPS) is 10.5. The lowest BCUT2D eigenvalue weighted by atomic mass is 10.1. The third-order valence-electron chi connectivity index (χ3n) is 2.87. The van der Waals surface area contributed by atoms with Crippen molar-refractivity contribution in [2.24, 2.45) is 0 Å². The van der Waals surface area contributed by atoms with Gasteiger partial charge in [0.2, 0.25) is 0 Å². The fourth-order valence-electron chi connectivity index (χ4n) is 1.72. The number of nitrogens with two attached hydrogens (primary N) is 1. The lowest BCUT2D eigenvalue weighted by Gasteiger charge is -1.97. The Morgan fingerprint density at radius 1 is 0.882 bits per heavy atom. The first-order chi connectivity index (χ1) is 8.31. The van der Waals surface area contributed by atoms with E-state index in [1.807, 2.05) is 0 Å². The molecule has 0 heterocycles. The predicted octanol–water partition coefficient (Wildman–Crippen LogP) is 2.95. The van der Waals surface area contributed by atoms with E-state index < -0.39 is 0 Å². The van der Waals surface area contributed by atoms with E-state index in [0.717, 1.165) is 32.2 Å². The van der Waals surface area contributed by atoms with Crippen LogP contribution in [0.3, 0.4) is 0 Å². The Morgan fingerprint density at radius 2 is 1.47 bits per heavy atom. The van der Waals surface area contributed by atoms with Crippen LogP contribution in [0.4, 0.5) is 0 Å². The summed E-state index contributed by atoms with van der Waals surface area (Å²) in [6, 6.07) is 0. The van der Waals surface area contributed by atoms with Crippen molar-refractivity contribution in [2.45, 2.75) is 78.1 Å². The summed E-state index contributed by atoms with van der Waals surface area (Å²) < 4.78 is 0. The molecule has 0 aromatic rings. The highest BCUT2D eigenvalue weighted by molar-refractivity contribution is 5.68. The summed E-state index contributed by atoms with van der Waals surface area (Å²) in [5.41, 5.74) is 1.66. The van der Waals surface area contributed by atoms with Gasteiger partial charge in [0.05, 0.1) is 4.79 Å². The lowest BCUT2D eigenvalue weighted by molar-refractivity contribution is -0.872. The van der Waals surface area contributed by atoms with E-state index in [4.69, 9.17) is 4.84 Å². The zero-order valence-electron chi connectivity index (χ0n) is 11.7. The summed E-state index contributed by atoms with van der Waals surface area (Å²) in [5, 5.41) is 0. The average Bonchev–Trinajstić information content (AvgIpc) is 2.33. The predicted molar refractivity (Wildman–Crippen MR) is 70.4 cm³/mol. The molecule has 0 aliphatic heterocycles. The molecule has 0 aliphatic rings. The van der Waals surface area contributed by atoms with Crippen molar-refractivity contribution >= 4 is 5.97 Å². The van der Waals surface area contributed by atoms with Gasteiger partial charge in [-0.2, -0.15) is 0 Å². The van der Waals surface area contributed by atoms with Crippen molar-refractivity contribution < 1.29 is 15.1 Å². The third-order valence-corrected chi connectivity index (χ3v) is 2.87. The molecule has 3 heteroatoms. The Hall–Kier alpha value is -0.570. The summed E-state index contributed by atoms with van der Waals surface area (Å²) in [7, 11) is 0. The first-order valence-electron chi connectivity index (χ1n) is 7.32. The number of rotatable bonds is 12. The third kappa shape index (κ3) is 13.4. The summed E-state index contributed by atoms with van der Waals surface area (Å²) in [6.07, 6.45) is 11.5. The van der Waals surface area contributed by atoms with Crippen LogP contribution in [-0.2, 0) is 9.63 Å². The Kier molecular flexibility index (Phi) is 13.0. The smallest absolute Gasteiger partial charge is 0.0899 e. The van der Waals surface area contributed by atoms with Crippen molar-refractivity contribution in [3.8, 4) is 0 Å². The summed E-state index contributed by atoms with van der Waals surface area (Å²) in [5.74, 6) is -0.0605. The van der Waals surface area contributed by atoms with Gasteiger partial charge >= 0.3 is 5.97 Å². The number of carbonyl (C=O) groups is 1. The van der Waals surface area contributed by atoms with Gasteiger partial charge in [0, 0.05) is 6.42 Å². The highest BCUT2D eigenvalue weighted by Gasteiger charge is 2.19. The van der Waals surface area contributed by atoms with Gasteiger partial charge in [-0.15, -0.1) is 0 Å². The molecule has 0 unspecified atom stereocenters. The second-order valence-corrected chi connectivity index (χ2v) is 4.67. The zero-order valence-corrected chi connectivity index (χ0v) is 11.7. The van der Waals surface area contributed by atoms with Crippen molar-refractivity contribution in [3.05, 3.63) is 0 Å². The Morgan fingerprint density at radius 3 is 2.12 bits per heavy atom. The van der Waals surface area contributed by atoms with Gasteiger partial charge in [-0.25, -0.2) is 0 Å². The van der Waals surface area contributed by atoms with Crippen LogP contribution in [0.1, 0.15) is 78.1 Å². The van der Waals surface area contributed by atoms with Gasteiger partial charge in [-0.05, 0) is 6.42 Å². The molecule has 0 aromatic heterocycles. The van der Waals surface area contributed by atoms with Crippen molar-refractivity contribution in [2.75, 3.05) is 6.54 Å². The van der Waals surface area contributed by atoms with E-state index in [2.05, 4.69) is 13.8 Å². The Bertz CT molecular complexity index is 172. The van der Waals surface area contributed by atoms with Gasteiger partial charge in [0.25, 0.3) is 0 Å². The van der Waals surface area contributed by atoms with Crippen LogP contribution in [0, 0.1) is 0 Å². The second-order valence-electron chi connectivity index (χ2n) is 4.67. The van der Waals surface area contributed by atoms with Gasteiger partial charge in [-0.3, -0.25) is 0 Å². The van der Waals surface area contributed by atoms with E-state index in [9.17, 15) is 4.79 Å². The molecule has 0 aromatic carbocycles. The van der Waals surface area contributed by atoms with Crippen LogP contribution < -0.4 is 5.48 Å². The van der Waals surface area contributed by atoms with E-state index in [1.54, 1.807) is 5.48 Å². The lowest BCUT2D eigenvalue weighted by Crippen LogP contribution is -2.84. The quantitative estimate of drug-likeness (QED) is 0.326.